The van der Waals surface area contributed by atoms with E-state index in [9.17, 15) is 13.2 Å². The minimum atomic E-state index is -3.47. The fourth-order valence-corrected chi connectivity index (χ4v) is 1.62. The van der Waals surface area contributed by atoms with Gasteiger partial charge in [0.1, 0.15) is 0 Å². The molecular formula is C7H14N2O4S. The normalized spacial score (nSPS) is 18.9. The first-order valence-electron chi connectivity index (χ1n) is 4.33. The Bertz CT molecular complexity index is 295. The van der Waals surface area contributed by atoms with Gasteiger partial charge in [-0.3, -0.25) is 0 Å². The van der Waals surface area contributed by atoms with Gasteiger partial charge >= 0.3 is 6.03 Å². The first kappa shape index (κ1) is 11.3. The van der Waals surface area contributed by atoms with E-state index in [4.69, 9.17) is 4.74 Å². The molecule has 1 saturated heterocycles. The summed E-state index contributed by atoms with van der Waals surface area (Å²) >= 11 is 0. The molecule has 1 fully saturated rings. The lowest BCUT2D eigenvalue weighted by atomic mass is 10.1. The van der Waals surface area contributed by atoms with E-state index in [1.54, 1.807) is 0 Å². The molecule has 0 atom stereocenters. The van der Waals surface area contributed by atoms with Gasteiger partial charge in [0, 0.05) is 19.3 Å². The topological polar surface area (TPSA) is 84.5 Å². The molecule has 0 unspecified atom stereocenters. The van der Waals surface area contributed by atoms with Gasteiger partial charge in [-0.15, -0.1) is 0 Å². The molecule has 14 heavy (non-hydrogen) atoms. The second-order valence-corrected chi connectivity index (χ2v) is 4.98. The highest BCUT2D eigenvalue weighted by molar-refractivity contribution is 7.89. The molecule has 2 N–H and O–H groups in total. The fraction of sp³-hybridized carbons (Fsp3) is 0.857. The SMILES string of the molecule is CS(=O)(=O)NC(=O)NC1CCOCC1. The van der Waals surface area contributed by atoms with Gasteiger partial charge in [0.15, 0.2) is 0 Å². The summed E-state index contributed by atoms with van der Waals surface area (Å²) in [5.74, 6) is 0. The van der Waals surface area contributed by atoms with Crippen molar-refractivity contribution in [3.63, 3.8) is 0 Å². The Morgan fingerprint density at radius 2 is 1.93 bits per heavy atom. The summed E-state index contributed by atoms with van der Waals surface area (Å²) in [5.41, 5.74) is 0. The molecule has 0 bridgehead atoms. The Kier molecular flexibility index (Phi) is 3.70. The number of hydrogen-bond donors (Lipinski definition) is 2. The Morgan fingerprint density at radius 3 is 2.43 bits per heavy atom. The largest absolute Gasteiger partial charge is 0.381 e. The number of hydrogen-bond acceptors (Lipinski definition) is 4. The molecule has 0 saturated carbocycles. The second kappa shape index (κ2) is 4.61. The summed E-state index contributed by atoms with van der Waals surface area (Å²) in [6, 6.07) is -0.662. The summed E-state index contributed by atoms with van der Waals surface area (Å²) in [5, 5.41) is 2.57. The van der Waals surface area contributed by atoms with Gasteiger partial charge < -0.3 is 10.1 Å². The molecule has 0 radical (unpaired) electrons. The Balaban J connectivity index is 2.32. The van der Waals surface area contributed by atoms with Crippen LogP contribution in [0.25, 0.3) is 0 Å². The molecule has 1 rings (SSSR count). The monoisotopic (exact) mass is 222 g/mol. The lowest BCUT2D eigenvalue weighted by Gasteiger charge is -2.22. The Morgan fingerprint density at radius 1 is 1.36 bits per heavy atom. The molecule has 0 aromatic heterocycles. The average Bonchev–Trinajstić information content (AvgIpc) is 2.02. The Hall–Kier alpha value is -0.820. The maximum absolute atomic E-state index is 11.1. The number of urea groups is 1. The van der Waals surface area contributed by atoms with Crippen LogP contribution in [-0.4, -0.2) is 40.0 Å². The minimum absolute atomic E-state index is 0.00509. The Labute approximate surface area is 83.1 Å². The molecule has 2 amide bonds. The highest BCUT2D eigenvalue weighted by atomic mass is 32.2. The van der Waals surface area contributed by atoms with Gasteiger partial charge in [0.2, 0.25) is 10.0 Å². The van der Waals surface area contributed by atoms with Crippen LogP contribution >= 0.6 is 0 Å². The van der Waals surface area contributed by atoms with Gasteiger partial charge in [0.25, 0.3) is 0 Å². The van der Waals surface area contributed by atoms with E-state index in [1.165, 1.54) is 0 Å². The number of rotatable bonds is 2. The van der Waals surface area contributed by atoms with Crippen LogP contribution in [-0.2, 0) is 14.8 Å². The molecule has 0 aromatic rings. The van der Waals surface area contributed by atoms with Crippen molar-refractivity contribution >= 4 is 16.1 Å². The molecule has 0 spiro atoms. The highest BCUT2D eigenvalue weighted by Crippen LogP contribution is 2.05. The summed E-state index contributed by atoms with van der Waals surface area (Å²) in [6.07, 6.45) is 2.38. The van der Waals surface area contributed by atoms with E-state index in [0.717, 1.165) is 19.1 Å². The molecular weight excluding hydrogens is 208 g/mol. The number of ether oxygens (including phenoxy) is 1. The van der Waals surface area contributed by atoms with E-state index >= 15 is 0 Å². The van der Waals surface area contributed by atoms with Gasteiger partial charge in [-0.25, -0.2) is 17.9 Å². The van der Waals surface area contributed by atoms with Crippen LogP contribution in [0.2, 0.25) is 0 Å². The number of amides is 2. The third kappa shape index (κ3) is 4.43. The zero-order chi connectivity index (χ0) is 10.6. The highest BCUT2D eigenvalue weighted by Gasteiger charge is 2.17. The summed E-state index contributed by atoms with van der Waals surface area (Å²) in [4.78, 5) is 11.1. The smallest absolute Gasteiger partial charge is 0.328 e. The van der Waals surface area contributed by atoms with Crippen LogP contribution < -0.4 is 10.0 Å². The van der Waals surface area contributed by atoms with Crippen molar-refractivity contribution in [1.29, 1.82) is 0 Å². The van der Waals surface area contributed by atoms with Crippen LogP contribution in [0.5, 0.6) is 0 Å². The number of sulfonamides is 1. The van der Waals surface area contributed by atoms with E-state index in [1.807, 2.05) is 4.72 Å². The summed E-state index contributed by atoms with van der Waals surface area (Å²) in [7, 11) is -3.47. The van der Waals surface area contributed by atoms with Crippen LogP contribution in [0.15, 0.2) is 0 Å². The van der Waals surface area contributed by atoms with Gasteiger partial charge in [-0.2, -0.15) is 0 Å². The summed E-state index contributed by atoms with van der Waals surface area (Å²) in [6.45, 7) is 1.20. The maximum Gasteiger partial charge on any atom is 0.328 e. The average molecular weight is 222 g/mol. The quantitative estimate of drug-likeness (QED) is 0.655. The maximum atomic E-state index is 11.1. The molecule has 7 heteroatoms. The molecule has 1 aliphatic rings. The van der Waals surface area contributed by atoms with Crippen molar-refractivity contribution < 1.29 is 17.9 Å². The number of carbonyl (C=O) groups is 1. The number of nitrogens with one attached hydrogen (secondary N) is 2. The van der Waals surface area contributed by atoms with Crippen LogP contribution in [0.4, 0.5) is 4.79 Å². The lowest BCUT2D eigenvalue weighted by Crippen LogP contribution is -2.46. The third-order valence-electron chi connectivity index (χ3n) is 1.83. The van der Waals surface area contributed by atoms with Crippen molar-refractivity contribution in [2.24, 2.45) is 0 Å². The molecule has 6 nitrogen and oxygen atoms in total. The zero-order valence-electron chi connectivity index (χ0n) is 7.95. The first-order chi connectivity index (χ1) is 6.47. The van der Waals surface area contributed by atoms with Crippen molar-refractivity contribution in [2.45, 2.75) is 18.9 Å². The van der Waals surface area contributed by atoms with Crippen molar-refractivity contribution in [2.75, 3.05) is 19.5 Å². The molecule has 0 aliphatic carbocycles. The minimum Gasteiger partial charge on any atom is -0.381 e. The van der Waals surface area contributed by atoms with Crippen molar-refractivity contribution in [3.05, 3.63) is 0 Å². The molecule has 0 aromatic carbocycles. The van der Waals surface area contributed by atoms with E-state index in [2.05, 4.69) is 5.32 Å². The van der Waals surface area contributed by atoms with E-state index in [-0.39, 0.29) is 6.04 Å². The van der Waals surface area contributed by atoms with Crippen LogP contribution in [0.3, 0.4) is 0 Å². The number of carbonyl (C=O) groups excluding carboxylic acids is 1. The van der Waals surface area contributed by atoms with Crippen molar-refractivity contribution in [1.82, 2.24) is 10.0 Å². The van der Waals surface area contributed by atoms with Gasteiger partial charge in [-0.1, -0.05) is 0 Å². The van der Waals surface area contributed by atoms with Crippen LogP contribution in [0, 0.1) is 0 Å². The molecule has 1 aliphatic heterocycles. The van der Waals surface area contributed by atoms with Crippen LogP contribution in [0.1, 0.15) is 12.8 Å². The third-order valence-corrected chi connectivity index (χ3v) is 2.39. The zero-order valence-corrected chi connectivity index (χ0v) is 8.76. The molecule has 1 heterocycles. The molecule has 82 valence electrons. The van der Waals surface area contributed by atoms with Gasteiger partial charge in [0.05, 0.1) is 6.26 Å². The van der Waals surface area contributed by atoms with Gasteiger partial charge in [-0.05, 0) is 12.8 Å². The standard InChI is InChI=1S/C7H14N2O4S/c1-14(11,12)9-7(10)8-6-2-4-13-5-3-6/h6H,2-5H2,1H3,(H2,8,9,10). The predicted octanol–water partition coefficient (Wildman–Crippen LogP) is -0.576. The van der Waals surface area contributed by atoms with E-state index in [0.29, 0.717) is 13.2 Å². The predicted molar refractivity (Wildman–Crippen MR) is 50.4 cm³/mol. The second-order valence-electron chi connectivity index (χ2n) is 3.23. The lowest BCUT2D eigenvalue weighted by molar-refractivity contribution is 0.0803. The van der Waals surface area contributed by atoms with Crippen molar-refractivity contribution in [3.8, 4) is 0 Å². The van der Waals surface area contributed by atoms with E-state index < -0.39 is 16.1 Å². The fourth-order valence-electron chi connectivity index (χ4n) is 1.23. The summed E-state index contributed by atoms with van der Waals surface area (Å²) < 4.78 is 28.3. The first-order valence-corrected chi connectivity index (χ1v) is 6.22.